The van der Waals surface area contributed by atoms with Crippen molar-refractivity contribution < 1.29 is 9.90 Å². The average Bonchev–Trinajstić information content (AvgIpc) is 2.33. The van der Waals surface area contributed by atoms with Crippen molar-refractivity contribution in [3.8, 4) is 0 Å². The van der Waals surface area contributed by atoms with Gasteiger partial charge in [0.1, 0.15) is 5.60 Å². The van der Waals surface area contributed by atoms with Crippen LogP contribution in [0, 0.1) is 17.8 Å². The zero-order valence-corrected chi connectivity index (χ0v) is 11.2. The number of carbonyl (C=O) groups excluding carboxylic acids is 1. The maximum atomic E-state index is 12.4. The molecule has 2 nitrogen and oxygen atoms in total. The van der Waals surface area contributed by atoms with Crippen LogP contribution in [0.1, 0.15) is 65.2 Å². The first-order chi connectivity index (χ1) is 8.01. The SMILES string of the molecule is CC1CCC(C(=O)C2(O)CCC(C)CC2)CC1. The summed E-state index contributed by atoms with van der Waals surface area (Å²) in [6.07, 6.45) is 7.70. The van der Waals surface area contributed by atoms with Crippen LogP contribution in [0.3, 0.4) is 0 Å². The summed E-state index contributed by atoms with van der Waals surface area (Å²) < 4.78 is 0. The number of ketones is 1. The number of aliphatic hydroxyl groups is 1. The van der Waals surface area contributed by atoms with Gasteiger partial charge in [-0.3, -0.25) is 4.79 Å². The van der Waals surface area contributed by atoms with Crippen LogP contribution in [0.5, 0.6) is 0 Å². The molecule has 2 fully saturated rings. The Morgan fingerprint density at radius 1 is 0.941 bits per heavy atom. The molecular formula is C15H26O2. The Morgan fingerprint density at radius 3 is 1.94 bits per heavy atom. The van der Waals surface area contributed by atoms with Crippen molar-refractivity contribution in [2.75, 3.05) is 0 Å². The van der Waals surface area contributed by atoms with E-state index in [-0.39, 0.29) is 11.7 Å². The number of hydrogen-bond acceptors (Lipinski definition) is 2. The summed E-state index contributed by atoms with van der Waals surface area (Å²) in [5.74, 6) is 1.75. The number of rotatable bonds is 2. The highest BCUT2D eigenvalue weighted by atomic mass is 16.3. The molecule has 0 aromatic heterocycles. The van der Waals surface area contributed by atoms with E-state index in [0.717, 1.165) is 44.4 Å². The van der Waals surface area contributed by atoms with Gasteiger partial charge >= 0.3 is 0 Å². The minimum atomic E-state index is -0.974. The molecule has 98 valence electrons. The summed E-state index contributed by atoms with van der Waals surface area (Å²) in [5, 5.41) is 10.5. The predicted molar refractivity (Wildman–Crippen MR) is 68.7 cm³/mol. The third kappa shape index (κ3) is 2.90. The molecule has 0 heterocycles. The molecule has 0 spiro atoms. The molecule has 0 radical (unpaired) electrons. The molecule has 0 saturated heterocycles. The van der Waals surface area contributed by atoms with Crippen LogP contribution < -0.4 is 0 Å². The molecule has 0 atom stereocenters. The summed E-state index contributed by atoms with van der Waals surface area (Å²) >= 11 is 0. The highest BCUT2D eigenvalue weighted by Gasteiger charge is 2.42. The lowest BCUT2D eigenvalue weighted by molar-refractivity contribution is -0.147. The molecule has 2 saturated carbocycles. The van der Waals surface area contributed by atoms with Crippen molar-refractivity contribution in [2.24, 2.45) is 17.8 Å². The van der Waals surface area contributed by atoms with Gasteiger partial charge in [-0.05, 0) is 50.4 Å². The Bertz CT molecular complexity index is 269. The molecule has 0 aromatic rings. The normalized spacial score (nSPS) is 43.4. The molecule has 0 amide bonds. The lowest BCUT2D eigenvalue weighted by Gasteiger charge is -2.37. The summed E-state index contributed by atoms with van der Waals surface area (Å²) in [7, 11) is 0. The maximum absolute atomic E-state index is 12.4. The summed E-state index contributed by atoms with van der Waals surface area (Å²) in [6, 6.07) is 0. The summed E-state index contributed by atoms with van der Waals surface area (Å²) in [6.45, 7) is 4.48. The summed E-state index contributed by atoms with van der Waals surface area (Å²) in [4.78, 5) is 12.4. The van der Waals surface area contributed by atoms with Gasteiger partial charge in [-0.2, -0.15) is 0 Å². The standard InChI is InChI=1S/C15H26O2/c1-11-3-5-13(6-4-11)14(16)15(17)9-7-12(2)8-10-15/h11-13,17H,3-10H2,1-2H3. The molecule has 2 aliphatic rings. The van der Waals surface area contributed by atoms with E-state index in [9.17, 15) is 9.90 Å². The van der Waals surface area contributed by atoms with Crippen molar-refractivity contribution in [3.63, 3.8) is 0 Å². The molecule has 2 rings (SSSR count). The van der Waals surface area contributed by atoms with Crippen molar-refractivity contribution in [1.29, 1.82) is 0 Å². The Balaban J connectivity index is 1.94. The van der Waals surface area contributed by atoms with Gasteiger partial charge in [0.05, 0.1) is 0 Å². The van der Waals surface area contributed by atoms with E-state index in [1.54, 1.807) is 0 Å². The van der Waals surface area contributed by atoms with Crippen LogP contribution in [0.15, 0.2) is 0 Å². The fourth-order valence-corrected chi connectivity index (χ4v) is 3.39. The van der Waals surface area contributed by atoms with Crippen LogP contribution in [0.4, 0.5) is 0 Å². The highest BCUT2D eigenvalue weighted by molar-refractivity contribution is 5.89. The van der Waals surface area contributed by atoms with Crippen molar-refractivity contribution >= 4 is 5.78 Å². The van der Waals surface area contributed by atoms with Crippen molar-refractivity contribution in [2.45, 2.75) is 70.8 Å². The lowest BCUT2D eigenvalue weighted by Crippen LogP contribution is -2.46. The van der Waals surface area contributed by atoms with Gasteiger partial charge in [-0.1, -0.05) is 26.7 Å². The van der Waals surface area contributed by atoms with E-state index >= 15 is 0 Å². The summed E-state index contributed by atoms with van der Waals surface area (Å²) in [5.41, 5.74) is -0.974. The first-order valence-electron chi connectivity index (χ1n) is 7.28. The topological polar surface area (TPSA) is 37.3 Å². The second-order valence-electron chi connectivity index (χ2n) is 6.54. The van der Waals surface area contributed by atoms with Gasteiger partial charge in [-0.25, -0.2) is 0 Å². The zero-order valence-electron chi connectivity index (χ0n) is 11.2. The Hall–Kier alpha value is -0.370. The third-order valence-electron chi connectivity index (χ3n) is 4.95. The van der Waals surface area contributed by atoms with E-state index < -0.39 is 5.60 Å². The van der Waals surface area contributed by atoms with Gasteiger partial charge in [0, 0.05) is 5.92 Å². The van der Waals surface area contributed by atoms with E-state index in [4.69, 9.17) is 0 Å². The van der Waals surface area contributed by atoms with Gasteiger partial charge < -0.3 is 5.11 Å². The molecular weight excluding hydrogens is 212 g/mol. The van der Waals surface area contributed by atoms with Gasteiger partial charge in [-0.15, -0.1) is 0 Å². The van der Waals surface area contributed by atoms with E-state index in [1.165, 1.54) is 0 Å². The quantitative estimate of drug-likeness (QED) is 0.801. The molecule has 2 aliphatic carbocycles. The monoisotopic (exact) mass is 238 g/mol. The second-order valence-corrected chi connectivity index (χ2v) is 6.54. The molecule has 2 heteroatoms. The van der Waals surface area contributed by atoms with Gasteiger partial charge in [0.25, 0.3) is 0 Å². The Kier molecular flexibility index (Phi) is 3.92. The minimum Gasteiger partial charge on any atom is -0.382 e. The number of hydrogen-bond donors (Lipinski definition) is 1. The molecule has 0 unspecified atom stereocenters. The molecule has 17 heavy (non-hydrogen) atoms. The van der Waals surface area contributed by atoms with Crippen LogP contribution >= 0.6 is 0 Å². The van der Waals surface area contributed by atoms with E-state index in [2.05, 4.69) is 13.8 Å². The second kappa shape index (κ2) is 5.09. The van der Waals surface area contributed by atoms with Crippen molar-refractivity contribution in [3.05, 3.63) is 0 Å². The van der Waals surface area contributed by atoms with Crippen LogP contribution in [0.2, 0.25) is 0 Å². The molecule has 0 aliphatic heterocycles. The largest absolute Gasteiger partial charge is 0.382 e. The van der Waals surface area contributed by atoms with Crippen LogP contribution in [-0.2, 0) is 4.79 Å². The van der Waals surface area contributed by atoms with Gasteiger partial charge in [0.15, 0.2) is 5.78 Å². The Morgan fingerprint density at radius 2 is 1.41 bits per heavy atom. The average molecular weight is 238 g/mol. The lowest BCUT2D eigenvalue weighted by atomic mass is 9.70. The third-order valence-corrected chi connectivity index (χ3v) is 4.95. The number of Topliss-reactive ketones (excluding diaryl/α,β-unsaturated/α-hetero) is 1. The first-order valence-corrected chi connectivity index (χ1v) is 7.28. The van der Waals surface area contributed by atoms with Gasteiger partial charge in [0.2, 0.25) is 0 Å². The number of carbonyl (C=O) groups is 1. The predicted octanol–water partition coefficient (Wildman–Crippen LogP) is 3.32. The Labute approximate surface area is 105 Å². The zero-order chi connectivity index (χ0) is 12.5. The highest BCUT2D eigenvalue weighted by Crippen LogP contribution is 2.38. The smallest absolute Gasteiger partial charge is 0.167 e. The molecule has 0 aromatic carbocycles. The first kappa shape index (κ1) is 13.1. The van der Waals surface area contributed by atoms with Crippen molar-refractivity contribution in [1.82, 2.24) is 0 Å². The maximum Gasteiger partial charge on any atom is 0.167 e. The van der Waals surface area contributed by atoms with Crippen LogP contribution in [-0.4, -0.2) is 16.5 Å². The minimum absolute atomic E-state index is 0.143. The van der Waals surface area contributed by atoms with E-state index in [0.29, 0.717) is 18.8 Å². The van der Waals surface area contributed by atoms with Crippen LogP contribution in [0.25, 0.3) is 0 Å². The fourth-order valence-electron chi connectivity index (χ4n) is 3.39. The van der Waals surface area contributed by atoms with E-state index in [1.807, 2.05) is 0 Å². The fraction of sp³-hybridized carbons (Fsp3) is 0.933. The molecule has 1 N–H and O–H groups in total. The molecule has 0 bridgehead atoms.